The Morgan fingerprint density at radius 3 is 2.91 bits per heavy atom. The van der Waals surface area contributed by atoms with Gasteiger partial charge in [-0.15, -0.1) is 6.58 Å². The van der Waals surface area contributed by atoms with Crippen molar-refractivity contribution < 1.29 is 9.84 Å². The van der Waals surface area contributed by atoms with Crippen LogP contribution in [-0.2, 0) is 4.74 Å². The second-order valence-electron chi connectivity index (χ2n) is 3.18. The molecule has 2 nitrogen and oxygen atoms in total. The molecule has 0 aromatic rings. The molecule has 1 aliphatic heterocycles. The molecule has 1 N–H and O–H groups in total. The fourth-order valence-electron chi connectivity index (χ4n) is 1.66. The fourth-order valence-corrected chi connectivity index (χ4v) is 1.66. The lowest BCUT2D eigenvalue weighted by Crippen LogP contribution is -2.29. The lowest BCUT2D eigenvalue weighted by Gasteiger charge is -2.27. The maximum Gasteiger partial charge on any atom is 0.160 e. The smallest absolute Gasteiger partial charge is 0.160 e. The van der Waals surface area contributed by atoms with Gasteiger partial charge in [0.2, 0.25) is 0 Å². The zero-order valence-corrected chi connectivity index (χ0v) is 7.05. The van der Waals surface area contributed by atoms with E-state index in [1.54, 1.807) is 0 Å². The van der Waals surface area contributed by atoms with Gasteiger partial charge in [0.25, 0.3) is 0 Å². The van der Waals surface area contributed by atoms with Gasteiger partial charge in [-0.25, -0.2) is 0 Å². The lowest BCUT2D eigenvalue weighted by molar-refractivity contribution is -0.118. The molecule has 1 fully saturated rings. The summed E-state index contributed by atoms with van der Waals surface area (Å²) < 4.78 is 5.12. The Hall–Kier alpha value is -0.340. The molecule has 0 amide bonds. The summed E-state index contributed by atoms with van der Waals surface area (Å²) in [5.74, 6) is 0. The molecule has 0 radical (unpaired) electrons. The first-order valence-electron chi connectivity index (χ1n) is 4.16. The highest BCUT2D eigenvalue weighted by atomic mass is 16.6. The molecular weight excluding hydrogens is 140 g/mol. The van der Waals surface area contributed by atoms with Crippen molar-refractivity contribution in [3.05, 3.63) is 12.7 Å². The Labute approximate surface area is 67.9 Å². The van der Waals surface area contributed by atoms with Crippen LogP contribution in [0.3, 0.4) is 0 Å². The van der Waals surface area contributed by atoms with Crippen LogP contribution >= 0.6 is 0 Å². The Bertz CT molecular complexity index is 144. The molecule has 0 spiro atoms. The maximum absolute atomic E-state index is 9.50. The Morgan fingerprint density at radius 2 is 2.55 bits per heavy atom. The molecule has 1 unspecified atom stereocenters. The van der Waals surface area contributed by atoms with E-state index in [0.29, 0.717) is 6.61 Å². The van der Waals surface area contributed by atoms with Gasteiger partial charge >= 0.3 is 0 Å². The highest BCUT2D eigenvalue weighted by molar-refractivity contribution is 4.90. The predicted molar refractivity (Wildman–Crippen MR) is 44.1 cm³/mol. The summed E-state index contributed by atoms with van der Waals surface area (Å²) in [6.45, 7) is 6.45. The van der Waals surface area contributed by atoms with Crippen LogP contribution in [0.5, 0.6) is 0 Å². The highest BCUT2D eigenvalue weighted by Crippen LogP contribution is 2.40. The van der Waals surface area contributed by atoms with Crippen LogP contribution in [0.1, 0.15) is 26.2 Å². The average molecular weight is 156 g/mol. The predicted octanol–water partition coefficient (Wildman–Crippen LogP) is 1.70. The molecule has 1 saturated heterocycles. The largest absolute Gasteiger partial charge is 0.367 e. The van der Waals surface area contributed by atoms with Crippen molar-refractivity contribution in [3.8, 4) is 0 Å². The SMILES string of the molecule is C=CC[C@]1(CC)CCOC1O. The first-order valence-corrected chi connectivity index (χ1v) is 4.16. The van der Waals surface area contributed by atoms with Gasteiger partial charge in [0.15, 0.2) is 6.29 Å². The van der Waals surface area contributed by atoms with Crippen molar-refractivity contribution in [1.82, 2.24) is 0 Å². The normalized spacial score (nSPS) is 37.5. The van der Waals surface area contributed by atoms with Crippen LogP contribution in [0, 0.1) is 5.41 Å². The number of aliphatic hydroxyl groups excluding tert-OH is 1. The minimum Gasteiger partial charge on any atom is -0.367 e. The van der Waals surface area contributed by atoms with Crippen LogP contribution in [-0.4, -0.2) is 18.0 Å². The van der Waals surface area contributed by atoms with Gasteiger partial charge in [0.1, 0.15) is 0 Å². The number of hydrogen-bond acceptors (Lipinski definition) is 2. The molecule has 0 aromatic heterocycles. The molecular formula is C9H16O2. The van der Waals surface area contributed by atoms with E-state index in [1.165, 1.54) is 0 Å². The topological polar surface area (TPSA) is 29.5 Å². The summed E-state index contributed by atoms with van der Waals surface area (Å²) in [6, 6.07) is 0. The number of aliphatic hydroxyl groups is 1. The number of hydrogen-bond donors (Lipinski definition) is 1. The Kier molecular flexibility index (Phi) is 2.68. The number of rotatable bonds is 3. The van der Waals surface area contributed by atoms with E-state index in [-0.39, 0.29) is 5.41 Å². The first kappa shape index (κ1) is 8.75. The summed E-state index contributed by atoms with van der Waals surface area (Å²) in [5, 5.41) is 9.50. The van der Waals surface area contributed by atoms with Crippen molar-refractivity contribution in [2.24, 2.45) is 5.41 Å². The number of ether oxygens (including phenoxy) is 1. The van der Waals surface area contributed by atoms with E-state index in [0.717, 1.165) is 19.3 Å². The van der Waals surface area contributed by atoms with Crippen molar-refractivity contribution in [2.45, 2.75) is 32.5 Å². The van der Waals surface area contributed by atoms with Crippen LogP contribution in [0.2, 0.25) is 0 Å². The third kappa shape index (κ3) is 1.47. The third-order valence-corrected chi connectivity index (χ3v) is 2.65. The van der Waals surface area contributed by atoms with Crippen LogP contribution in [0.15, 0.2) is 12.7 Å². The molecule has 11 heavy (non-hydrogen) atoms. The molecule has 1 heterocycles. The van der Waals surface area contributed by atoms with Crippen molar-refractivity contribution in [1.29, 1.82) is 0 Å². The van der Waals surface area contributed by atoms with Gasteiger partial charge in [-0.2, -0.15) is 0 Å². The molecule has 1 rings (SSSR count). The monoisotopic (exact) mass is 156 g/mol. The van der Waals surface area contributed by atoms with E-state index in [2.05, 4.69) is 13.5 Å². The molecule has 0 aliphatic carbocycles. The summed E-state index contributed by atoms with van der Waals surface area (Å²) >= 11 is 0. The summed E-state index contributed by atoms with van der Waals surface area (Å²) in [5.41, 5.74) is -0.0399. The first-order chi connectivity index (χ1) is 5.25. The van der Waals surface area contributed by atoms with E-state index >= 15 is 0 Å². The molecule has 64 valence electrons. The van der Waals surface area contributed by atoms with Crippen molar-refractivity contribution >= 4 is 0 Å². The quantitative estimate of drug-likeness (QED) is 0.630. The summed E-state index contributed by atoms with van der Waals surface area (Å²) in [7, 11) is 0. The lowest BCUT2D eigenvalue weighted by atomic mass is 9.80. The van der Waals surface area contributed by atoms with Gasteiger partial charge in [0, 0.05) is 5.41 Å². The Balaban J connectivity index is 2.64. The summed E-state index contributed by atoms with van der Waals surface area (Å²) in [4.78, 5) is 0. The summed E-state index contributed by atoms with van der Waals surface area (Å²) in [6.07, 6.45) is 4.05. The fraction of sp³-hybridized carbons (Fsp3) is 0.778. The minimum atomic E-state index is -0.578. The van der Waals surface area contributed by atoms with E-state index in [1.807, 2.05) is 6.08 Å². The minimum absolute atomic E-state index is 0.0399. The second-order valence-corrected chi connectivity index (χ2v) is 3.18. The maximum atomic E-state index is 9.50. The second kappa shape index (κ2) is 3.37. The van der Waals surface area contributed by atoms with Gasteiger partial charge in [-0.1, -0.05) is 13.0 Å². The third-order valence-electron chi connectivity index (χ3n) is 2.65. The van der Waals surface area contributed by atoms with Gasteiger partial charge in [-0.05, 0) is 19.3 Å². The van der Waals surface area contributed by atoms with E-state index in [9.17, 15) is 5.11 Å². The van der Waals surface area contributed by atoms with Gasteiger partial charge in [0.05, 0.1) is 6.61 Å². The van der Waals surface area contributed by atoms with Gasteiger partial charge in [-0.3, -0.25) is 0 Å². The molecule has 0 bridgehead atoms. The highest BCUT2D eigenvalue weighted by Gasteiger charge is 2.40. The standard InChI is InChI=1S/C9H16O2/c1-3-5-9(4-2)6-7-11-8(9)10/h3,8,10H,1,4-7H2,2H3/t8?,9-/m1/s1. The van der Waals surface area contributed by atoms with Crippen LogP contribution in [0.25, 0.3) is 0 Å². The molecule has 0 saturated carbocycles. The molecule has 2 atom stereocenters. The van der Waals surface area contributed by atoms with Crippen LogP contribution in [0.4, 0.5) is 0 Å². The average Bonchev–Trinajstić information content (AvgIpc) is 2.35. The van der Waals surface area contributed by atoms with E-state index in [4.69, 9.17) is 4.74 Å². The van der Waals surface area contributed by atoms with Crippen LogP contribution < -0.4 is 0 Å². The Morgan fingerprint density at radius 1 is 1.82 bits per heavy atom. The van der Waals surface area contributed by atoms with Gasteiger partial charge < -0.3 is 9.84 Å². The van der Waals surface area contributed by atoms with Crippen molar-refractivity contribution in [3.63, 3.8) is 0 Å². The van der Waals surface area contributed by atoms with Crippen molar-refractivity contribution in [2.75, 3.05) is 6.61 Å². The molecule has 2 heteroatoms. The zero-order valence-electron chi connectivity index (χ0n) is 7.05. The number of allylic oxidation sites excluding steroid dienone is 1. The molecule has 0 aromatic carbocycles. The van der Waals surface area contributed by atoms with E-state index < -0.39 is 6.29 Å². The molecule has 1 aliphatic rings. The zero-order chi connectivity index (χ0) is 8.32.